The number of nitrogens with one attached hydrogen (secondary N) is 1. The zero-order valence-electron chi connectivity index (χ0n) is 45.1. The standard InChI is InChI=1S/C57H111NO11S/c1-3-5-7-9-11-13-15-17-18-19-20-21-22-23-24-25-26-27-28-29-30-31-32-33-34-35-37-39-41-43-45-47-53(61)58-50(51(60)46-44-42-40-38-36-16-14-12-10-8-6-4-2)49-67-57-55(63)56(69-70(64,65)66)54(62)52(48-59)68-57/h44,46,50-52,54-57,59-60,62-63H,3-43,45,47-49H2,1-2H3,(H,58,61)(H,64,65,66)/b46-44+. The second kappa shape index (κ2) is 47.5. The van der Waals surface area contributed by atoms with Crippen LogP contribution >= 0.6 is 0 Å². The smallest absolute Gasteiger partial charge is 0.394 e. The van der Waals surface area contributed by atoms with Gasteiger partial charge < -0.3 is 35.2 Å². The van der Waals surface area contributed by atoms with Crippen LogP contribution in [-0.2, 0) is 28.9 Å². The van der Waals surface area contributed by atoms with E-state index in [1.54, 1.807) is 6.08 Å². The van der Waals surface area contributed by atoms with Crippen LogP contribution in [0.4, 0.5) is 0 Å². The van der Waals surface area contributed by atoms with E-state index < -0.39 is 59.9 Å². The number of hydrogen-bond donors (Lipinski definition) is 6. The number of carbonyl (C=O) groups excluding carboxylic acids is 1. The fraction of sp³-hybridized carbons (Fsp3) is 0.947. The number of rotatable bonds is 52. The molecular formula is C57H111NO11S. The van der Waals surface area contributed by atoms with Gasteiger partial charge in [0.2, 0.25) is 5.91 Å². The highest BCUT2D eigenvalue weighted by molar-refractivity contribution is 7.80. The number of ether oxygens (including phenoxy) is 2. The van der Waals surface area contributed by atoms with Crippen molar-refractivity contribution >= 4 is 16.3 Å². The van der Waals surface area contributed by atoms with Gasteiger partial charge in [-0.25, -0.2) is 4.18 Å². The monoisotopic (exact) mass is 1020 g/mol. The maximum atomic E-state index is 13.1. The topological polar surface area (TPSA) is 192 Å². The lowest BCUT2D eigenvalue weighted by molar-refractivity contribution is -0.298. The molecule has 7 atom stereocenters. The first-order valence-electron chi connectivity index (χ1n) is 29.6. The van der Waals surface area contributed by atoms with E-state index in [1.165, 1.54) is 225 Å². The lowest BCUT2D eigenvalue weighted by Gasteiger charge is -2.41. The first kappa shape index (κ1) is 66.9. The van der Waals surface area contributed by atoms with Crippen LogP contribution in [0.1, 0.15) is 290 Å². The molecule has 416 valence electrons. The first-order valence-corrected chi connectivity index (χ1v) is 30.9. The Hall–Kier alpha value is -1.16. The van der Waals surface area contributed by atoms with E-state index in [2.05, 4.69) is 23.3 Å². The summed E-state index contributed by atoms with van der Waals surface area (Å²) in [5.41, 5.74) is 0. The quantitative estimate of drug-likeness (QED) is 0.0193. The van der Waals surface area contributed by atoms with Gasteiger partial charge in [-0.05, 0) is 19.3 Å². The first-order chi connectivity index (χ1) is 34.0. The van der Waals surface area contributed by atoms with Crippen LogP contribution in [0, 0.1) is 0 Å². The molecule has 0 aliphatic carbocycles. The van der Waals surface area contributed by atoms with Crippen LogP contribution < -0.4 is 5.32 Å². The van der Waals surface area contributed by atoms with E-state index >= 15 is 0 Å². The fourth-order valence-electron chi connectivity index (χ4n) is 9.75. The third-order valence-electron chi connectivity index (χ3n) is 14.3. The van der Waals surface area contributed by atoms with Crippen LogP contribution in [0.2, 0.25) is 0 Å². The molecule has 0 saturated carbocycles. The summed E-state index contributed by atoms with van der Waals surface area (Å²) in [6.45, 7) is 3.41. The van der Waals surface area contributed by atoms with E-state index in [0.717, 1.165) is 38.5 Å². The van der Waals surface area contributed by atoms with Gasteiger partial charge in [0, 0.05) is 6.42 Å². The Balaban J connectivity index is 2.22. The van der Waals surface area contributed by atoms with Gasteiger partial charge in [0.15, 0.2) is 6.29 Å². The summed E-state index contributed by atoms with van der Waals surface area (Å²) >= 11 is 0. The van der Waals surface area contributed by atoms with Gasteiger partial charge in [-0.3, -0.25) is 9.35 Å². The summed E-state index contributed by atoms with van der Waals surface area (Å²) < 4.78 is 47.7. The molecule has 0 aromatic heterocycles. The van der Waals surface area contributed by atoms with Crippen LogP contribution in [0.15, 0.2) is 12.2 Å². The normalized spacial score (nSPS) is 19.6. The number of aliphatic hydroxyl groups excluding tert-OH is 4. The van der Waals surface area contributed by atoms with E-state index in [1.807, 2.05) is 6.08 Å². The summed E-state index contributed by atoms with van der Waals surface area (Å²) in [5, 5.41) is 44.8. The van der Waals surface area contributed by atoms with Crippen molar-refractivity contribution in [3.63, 3.8) is 0 Å². The molecule has 1 aliphatic rings. The second-order valence-electron chi connectivity index (χ2n) is 20.9. The van der Waals surface area contributed by atoms with Gasteiger partial charge in [0.25, 0.3) is 0 Å². The maximum Gasteiger partial charge on any atom is 0.397 e. The lowest BCUT2D eigenvalue weighted by Crippen LogP contribution is -2.61. The molecule has 6 N–H and O–H groups in total. The van der Waals surface area contributed by atoms with Crippen LogP contribution in [0.25, 0.3) is 0 Å². The Labute approximate surface area is 430 Å². The van der Waals surface area contributed by atoms with Crippen molar-refractivity contribution in [3.8, 4) is 0 Å². The lowest BCUT2D eigenvalue weighted by atomic mass is 9.99. The molecular weight excluding hydrogens is 907 g/mol. The van der Waals surface area contributed by atoms with Gasteiger partial charge in [0.1, 0.15) is 24.4 Å². The minimum atomic E-state index is -5.08. The summed E-state index contributed by atoms with van der Waals surface area (Å²) in [5.74, 6) is -0.257. The molecule has 1 heterocycles. The van der Waals surface area contributed by atoms with Crippen LogP contribution in [-0.4, -0.2) is 95.4 Å². The molecule has 7 unspecified atom stereocenters. The molecule has 1 saturated heterocycles. The molecule has 0 aromatic rings. The largest absolute Gasteiger partial charge is 0.397 e. The molecule has 1 fully saturated rings. The van der Waals surface area contributed by atoms with E-state index in [4.69, 9.17) is 9.47 Å². The third-order valence-corrected chi connectivity index (χ3v) is 14.8. The molecule has 70 heavy (non-hydrogen) atoms. The van der Waals surface area contributed by atoms with Crippen molar-refractivity contribution in [2.75, 3.05) is 13.2 Å². The predicted octanol–water partition coefficient (Wildman–Crippen LogP) is 13.8. The molecule has 0 radical (unpaired) electrons. The van der Waals surface area contributed by atoms with Crippen LogP contribution in [0.5, 0.6) is 0 Å². The van der Waals surface area contributed by atoms with Gasteiger partial charge in [-0.1, -0.05) is 276 Å². The molecule has 12 nitrogen and oxygen atoms in total. The zero-order chi connectivity index (χ0) is 51.2. The molecule has 1 rings (SSSR count). The van der Waals surface area contributed by atoms with Gasteiger partial charge in [-0.15, -0.1) is 0 Å². The van der Waals surface area contributed by atoms with Crippen molar-refractivity contribution in [2.45, 2.75) is 333 Å². The van der Waals surface area contributed by atoms with E-state index in [0.29, 0.717) is 6.42 Å². The Kier molecular flexibility index (Phi) is 45.4. The predicted molar refractivity (Wildman–Crippen MR) is 287 cm³/mol. The number of aliphatic hydroxyl groups is 4. The highest BCUT2D eigenvalue weighted by Crippen LogP contribution is 2.26. The Morgan fingerprint density at radius 1 is 0.557 bits per heavy atom. The van der Waals surface area contributed by atoms with Gasteiger partial charge in [-0.2, -0.15) is 8.42 Å². The maximum absolute atomic E-state index is 13.1. The average molecular weight is 1020 g/mol. The van der Waals surface area contributed by atoms with Gasteiger partial charge in [0.05, 0.1) is 25.4 Å². The van der Waals surface area contributed by atoms with E-state index in [-0.39, 0.29) is 18.9 Å². The van der Waals surface area contributed by atoms with E-state index in [9.17, 15) is 38.2 Å². The van der Waals surface area contributed by atoms with Crippen molar-refractivity contribution in [3.05, 3.63) is 12.2 Å². The Bertz CT molecular complexity index is 1290. The fourth-order valence-corrected chi connectivity index (χ4v) is 10.3. The number of carbonyl (C=O) groups is 1. The SMILES string of the molecule is CCCCCCCCCCCC/C=C/C(O)C(COC1OC(CO)C(O)C(OS(=O)(=O)O)C1O)NC(=O)CCCCCCCCCCCCCCCCCCCCCCCCCCCCCCCCC. The average Bonchev–Trinajstić information content (AvgIpc) is 3.33. The summed E-state index contributed by atoms with van der Waals surface area (Å²) in [4.78, 5) is 13.1. The molecule has 1 amide bonds. The molecule has 0 aromatic carbocycles. The Morgan fingerprint density at radius 3 is 1.24 bits per heavy atom. The zero-order valence-corrected chi connectivity index (χ0v) is 45.9. The minimum absolute atomic E-state index is 0.257. The minimum Gasteiger partial charge on any atom is -0.394 e. The number of amides is 1. The molecule has 1 aliphatic heterocycles. The van der Waals surface area contributed by atoms with Crippen LogP contribution in [0.3, 0.4) is 0 Å². The highest BCUT2D eigenvalue weighted by atomic mass is 32.3. The van der Waals surface area contributed by atoms with Crippen molar-refractivity contribution in [1.29, 1.82) is 0 Å². The molecule has 13 heteroatoms. The van der Waals surface area contributed by atoms with Crippen molar-refractivity contribution < 1.29 is 51.8 Å². The Morgan fingerprint density at radius 2 is 0.900 bits per heavy atom. The number of hydrogen-bond acceptors (Lipinski definition) is 10. The van der Waals surface area contributed by atoms with Crippen molar-refractivity contribution in [2.24, 2.45) is 0 Å². The summed E-state index contributed by atoms with van der Waals surface area (Å²) in [6.07, 6.45) is 48.6. The summed E-state index contributed by atoms with van der Waals surface area (Å²) in [6, 6.07) is -0.939. The second-order valence-corrected chi connectivity index (χ2v) is 22.0. The highest BCUT2D eigenvalue weighted by Gasteiger charge is 2.48. The molecule has 0 spiro atoms. The van der Waals surface area contributed by atoms with Gasteiger partial charge >= 0.3 is 10.4 Å². The van der Waals surface area contributed by atoms with Crippen molar-refractivity contribution in [1.82, 2.24) is 5.32 Å². The summed E-state index contributed by atoms with van der Waals surface area (Å²) in [7, 11) is -5.08. The number of unbranched alkanes of at least 4 members (excludes halogenated alkanes) is 40. The third kappa shape index (κ3) is 39.3. The number of allylic oxidation sites excluding steroid dienone is 1. The molecule has 0 bridgehead atoms.